The van der Waals surface area contributed by atoms with Crippen LogP contribution in [0.3, 0.4) is 0 Å². The van der Waals surface area contributed by atoms with Gasteiger partial charge in [-0.2, -0.15) is 0 Å². The Labute approximate surface area is 408 Å². The van der Waals surface area contributed by atoms with Crippen LogP contribution in [0.25, 0.3) is 98.0 Å². The summed E-state index contributed by atoms with van der Waals surface area (Å²) in [4.78, 5) is 2.47. The van der Waals surface area contributed by atoms with Crippen molar-refractivity contribution < 1.29 is 0 Å². The fourth-order valence-electron chi connectivity index (χ4n) is 10.9. The molecule has 0 fully saturated rings. The summed E-state index contributed by atoms with van der Waals surface area (Å²) >= 11 is 0. The van der Waals surface area contributed by atoms with E-state index in [0.29, 0.717) is 0 Å². The molecule has 12 aromatic carbocycles. The molecule has 0 aliphatic rings. The Hall–Kier alpha value is -7.57. The molecule has 0 aromatic heterocycles. The smallest absolute Gasteiger partial charge is 0.0776 e. The molecule has 0 aliphatic carbocycles. The Morgan fingerprint density at radius 2 is 0.638 bits per heavy atom. The summed E-state index contributed by atoms with van der Waals surface area (Å²) in [7, 11) is -3.00. The standard InChI is InChI=1S/C66H55NSi2/c1-68(2,3)53-36-34-45-38-49(32-30-47(45)40-53)63-56-27-17-18-28-57(56)64(50-33-31-48-41-54(69(4,5)6)37-35-46(48)39-50)62-43-60-59(42-61(62)63)55-26-16-19-29-58(55)66(65(60)44-20-10-7-11-21-44)67(51-22-12-8-13-23-51)52-24-14-9-15-25-52/h7-43H,1-6H3. The molecule has 0 aliphatic heterocycles. The number of fused-ring (bicyclic) bond motifs is 7. The lowest BCUT2D eigenvalue weighted by Crippen LogP contribution is -2.37. The van der Waals surface area contributed by atoms with Crippen LogP contribution in [-0.2, 0) is 0 Å². The molecule has 12 rings (SSSR count). The van der Waals surface area contributed by atoms with Gasteiger partial charge in [0.1, 0.15) is 0 Å². The van der Waals surface area contributed by atoms with Crippen LogP contribution < -0.4 is 15.3 Å². The molecule has 0 saturated carbocycles. The fourth-order valence-corrected chi connectivity index (χ4v) is 13.2. The number of para-hydroxylation sites is 2. The molecule has 69 heavy (non-hydrogen) atoms. The van der Waals surface area contributed by atoms with Crippen LogP contribution in [0.15, 0.2) is 224 Å². The van der Waals surface area contributed by atoms with Crippen molar-refractivity contribution in [3.63, 3.8) is 0 Å². The lowest BCUT2D eigenvalue weighted by molar-refractivity contribution is 1.30. The normalized spacial score (nSPS) is 12.2. The van der Waals surface area contributed by atoms with Gasteiger partial charge >= 0.3 is 0 Å². The molecule has 0 spiro atoms. The summed E-state index contributed by atoms with van der Waals surface area (Å²) in [5, 5.41) is 18.0. The summed E-state index contributed by atoms with van der Waals surface area (Å²) in [6.07, 6.45) is 0. The van der Waals surface area contributed by atoms with Gasteiger partial charge in [0, 0.05) is 22.3 Å². The van der Waals surface area contributed by atoms with Gasteiger partial charge in [0.2, 0.25) is 0 Å². The van der Waals surface area contributed by atoms with Crippen molar-refractivity contribution in [1.29, 1.82) is 0 Å². The molecular formula is C66H55NSi2. The molecule has 0 heterocycles. The summed E-state index contributed by atoms with van der Waals surface area (Å²) < 4.78 is 0. The number of rotatable bonds is 8. The molecule has 0 N–H and O–H groups in total. The van der Waals surface area contributed by atoms with Gasteiger partial charge in [0.05, 0.1) is 21.8 Å². The molecule has 0 amide bonds. The summed E-state index contributed by atoms with van der Waals surface area (Å²) in [6, 6.07) is 84.9. The first-order valence-electron chi connectivity index (χ1n) is 24.4. The monoisotopic (exact) mass is 917 g/mol. The zero-order chi connectivity index (χ0) is 47.0. The number of benzene rings is 12. The van der Waals surface area contributed by atoms with Gasteiger partial charge in [-0.1, -0.05) is 226 Å². The first kappa shape index (κ1) is 42.8. The van der Waals surface area contributed by atoms with E-state index < -0.39 is 16.1 Å². The van der Waals surface area contributed by atoms with Gasteiger partial charge in [-0.05, 0) is 136 Å². The van der Waals surface area contributed by atoms with Crippen LogP contribution in [0.5, 0.6) is 0 Å². The molecule has 1 nitrogen and oxygen atoms in total. The highest BCUT2D eigenvalue weighted by Crippen LogP contribution is 2.52. The molecular weight excluding hydrogens is 863 g/mol. The van der Waals surface area contributed by atoms with E-state index in [4.69, 9.17) is 0 Å². The maximum Gasteiger partial charge on any atom is 0.0776 e. The van der Waals surface area contributed by atoms with Crippen molar-refractivity contribution in [2.45, 2.75) is 39.3 Å². The lowest BCUT2D eigenvalue weighted by atomic mass is 9.82. The molecule has 332 valence electrons. The van der Waals surface area contributed by atoms with Gasteiger partial charge in [-0.3, -0.25) is 0 Å². The van der Waals surface area contributed by atoms with Crippen LogP contribution >= 0.6 is 0 Å². The van der Waals surface area contributed by atoms with E-state index in [-0.39, 0.29) is 0 Å². The van der Waals surface area contributed by atoms with Gasteiger partial charge in [-0.25, -0.2) is 0 Å². The fraction of sp³-hybridized carbons (Fsp3) is 0.0909. The highest BCUT2D eigenvalue weighted by Gasteiger charge is 2.26. The second kappa shape index (κ2) is 16.6. The van der Waals surface area contributed by atoms with E-state index >= 15 is 0 Å². The van der Waals surface area contributed by atoms with E-state index in [1.807, 2.05) is 0 Å². The Morgan fingerprint density at radius 3 is 1.12 bits per heavy atom. The van der Waals surface area contributed by atoms with Crippen LogP contribution in [0.1, 0.15) is 0 Å². The lowest BCUT2D eigenvalue weighted by Gasteiger charge is -2.31. The first-order valence-corrected chi connectivity index (χ1v) is 31.4. The average molecular weight is 918 g/mol. The third-order valence-corrected chi connectivity index (χ3v) is 18.5. The van der Waals surface area contributed by atoms with Crippen molar-refractivity contribution in [1.82, 2.24) is 0 Å². The van der Waals surface area contributed by atoms with Crippen LogP contribution in [0.2, 0.25) is 39.3 Å². The van der Waals surface area contributed by atoms with Gasteiger partial charge in [0.15, 0.2) is 0 Å². The summed E-state index contributed by atoms with van der Waals surface area (Å²) in [6.45, 7) is 14.6. The third kappa shape index (κ3) is 7.45. The zero-order valence-electron chi connectivity index (χ0n) is 40.3. The van der Waals surface area contributed by atoms with E-state index in [2.05, 4.69) is 269 Å². The first-order chi connectivity index (χ1) is 33.5. The minimum absolute atomic E-state index is 1.11. The highest BCUT2D eigenvalue weighted by molar-refractivity contribution is 6.89. The number of anilines is 3. The van der Waals surface area contributed by atoms with Crippen molar-refractivity contribution in [2.24, 2.45) is 0 Å². The zero-order valence-corrected chi connectivity index (χ0v) is 42.3. The van der Waals surface area contributed by atoms with Gasteiger partial charge in [0.25, 0.3) is 0 Å². The van der Waals surface area contributed by atoms with Crippen molar-refractivity contribution in [3.8, 4) is 33.4 Å². The summed E-state index contributed by atoms with van der Waals surface area (Å²) in [5.41, 5.74) is 10.8. The van der Waals surface area contributed by atoms with E-state index in [1.54, 1.807) is 0 Å². The number of hydrogen-bond donors (Lipinski definition) is 0. The van der Waals surface area contributed by atoms with Crippen molar-refractivity contribution in [3.05, 3.63) is 224 Å². The Kier molecular flexibility index (Phi) is 10.3. The predicted molar refractivity (Wildman–Crippen MR) is 308 cm³/mol. The molecule has 12 aromatic rings. The molecule has 0 unspecified atom stereocenters. The second-order valence-corrected chi connectivity index (χ2v) is 31.1. The molecule has 0 saturated heterocycles. The Balaban J connectivity index is 1.26. The second-order valence-electron chi connectivity index (χ2n) is 20.9. The van der Waals surface area contributed by atoms with E-state index in [9.17, 15) is 0 Å². The van der Waals surface area contributed by atoms with Gasteiger partial charge < -0.3 is 4.90 Å². The SMILES string of the molecule is C[Si](C)(C)c1ccc2cc(-c3c4ccccc4c(-c4ccc5cc([Si](C)(C)C)ccc5c4)c4cc5c(cc34)c(-c3ccccc3)c(N(c3ccccc3)c3ccccc3)c3ccccc35)ccc2c1. The molecule has 0 radical (unpaired) electrons. The largest absolute Gasteiger partial charge is 0.309 e. The third-order valence-electron chi connectivity index (χ3n) is 14.4. The Morgan fingerprint density at radius 1 is 0.261 bits per heavy atom. The topological polar surface area (TPSA) is 3.24 Å². The molecule has 0 bridgehead atoms. The maximum atomic E-state index is 2.56. The predicted octanol–water partition coefficient (Wildman–Crippen LogP) is 18.2. The maximum absolute atomic E-state index is 2.56. The van der Waals surface area contributed by atoms with E-state index in [1.165, 1.54) is 114 Å². The summed E-state index contributed by atoms with van der Waals surface area (Å²) in [5.74, 6) is 0. The average Bonchev–Trinajstić information content (AvgIpc) is 3.37. The minimum atomic E-state index is -1.51. The van der Waals surface area contributed by atoms with Crippen molar-refractivity contribution in [2.75, 3.05) is 4.90 Å². The molecule has 3 heteroatoms. The van der Waals surface area contributed by atoms with Crippen LogP contribution in [0, 0.1) is 0 Å². The number of hydrogen-bond acceptors (Lipinski definition) is 1. The van der Waals surface area contributed by atoms with Crippen LogP contribution in [0.4, 0.5) is 17.1 Å². The minimum Gasteiger partial charge on any atom is -0.309 e. The highest BCUT2D eigenvalue weighted by atomic mass is 28.3. The molecule has 0 atom stereocenters. The van der Waals surface area contributed by atoms with Crippen molar-refractivity contribution >= 4 is 108 Å². The quantitative estimate of drug-likeness (QED) is 0.0834. The van der Waals surface area contributed by atoms with E-state index in [0.717, 1.165) is 11.4 Å². The van der Waals surface area contributed by atoms with Gasteiger partial charge in [-0.15, -0.1) is 0 Å². The number of nitrogens with zero attached hydrogens (tertiary/aromatic N) is 1. The Bertz CT molecular complexity index is 3920. The van der Waals surface area contributed by atoms with Crippen LogP contribution in [-0.4, -0.2) is 16.1 Å².